The number of aryl methyl sites for hydroxylation is 1. The Morgan fingerprint density at radius 3 is 2.94 bits per heavy atom. The molecular formula is C22H26Cl2N6O. The molecule has 4 rings (SSSR count). The highest BCUT2D eigenvalue weighted by molar-refractivity contribution is 6.37. The number of hydrogen-bond acceptors (Lipinski definition) is 7. The Bertz CT molecular complexity index is 1090. The highest BCUT2D eigenvalue weighted by Gasteiger charge is 2.27. The monoisotopic (exact) mass is 460 g/mol. The average molecular weight is 461 g/mol. The first-order valence-electron chi connectivity index (χ1n) is 10.3. The lowest BCUT2D eigenvalue weighted by Gasteiger charge is -2.26. The number of para-hydroxylation sites is 1. The van der Waals surface area contributed by atoms with Gasteiger partial charge in [-0.3, -0.25) is 0 Å². The fraction of sp³-hybridized carbons (Fsp3) is 0.364. The lowest BCUT2D eigenvalue weighted by atomic mass is 10.1. The first-order chi connectivity index (χ1) is 15.0. The van der Waals surface area contributed by atoms with Gasteiger partial charge in [-0.05, 0) is 31.9 Å². The minimum atomic E-state index is 0.206. The number of anilines is 2. The summed E-state index contributed by atoms with van der Waals surface area (Å²) in [6.45, 7) is 3.60. The van der Waals surface area contributed by atoms with Gasteiger partial charge < -0.3 is 20.8 Å². The molecule has 164 valence electrons. The highest BCUT2D eigenvalue weighted by atomic mass is 35.5. The summed E-state index contributed by atoms with van der Waals surface area (Å²) in [4.78, 5) is 11.3. The molecule has 1 fully saturated rings. The molecule has 1 aliphatic rings. The van der Waals surface area contributed by atoms with Gasteiger partial charge in [-0.1, -0.05) is 35.3 Å². The van der Waals surface area contributed by atoms with Crippen LogP contribution in [-0.4, -0.2) is 36.1 Å². The summed E-state index contributed by atoms with van der Waals surface area (Å²) in [6.07, 6.45) is 3.74. The van der Waals surface area contributed by atoms with Gasteiger partial charge in [0.1, 0.15) is 23.7 Å². The molecule has 0 amide bonds. The van der Waals surface area contributed by atoms with Crippen molar-refractivity contribution in [2.24, 2.45) is 5.73 Å². The van der Waals surface area contributed by atoms with Crippen LogP contribution in [0.25, 0.3) is 10.9 Å². The molecule has 0 aliphatic carbocycles. The number of rotatable bonds is 7. The third-order valence-corrected chi connectivity index (χ3v) is 6.26. The number of aromatic nitrogens is 2. The van der Waals surface area contributed by atoms with Crippen molar-refractivity contribution in [2.75, 3.05) is 30.5 Å². The smallest absolute Gasteiger partial charge is 0.148 e. The van der Waals surface area contributed by atoms with Crippen LogP contribution >= 0.6 is 23.2 Å². The van der Waals surface area contributed by atoms with Gasteiger partial charge in [-0.25, -0.2) is 15.4 Å². The van der Waals surface area contributed by atoms with Crippen LogP contribution in [0.2, 0.25) is 10.0 Å². The van der Waals surface area contributed by atoms with E-state index in [1.807, 2.05) is 38.2 Å². The zero-order valence-corrected chi connectivity index (χ0v) is 19.1. The van der Waals surface area contributed by atoms with Gasteiger partial charge in [0.05, 0.1) is 15.7 Å². The standard InChI is InChI=1S/C22H26Cl2N6O/c1-13-9-18(29-26-2)15-6-3-7-19(21(15)28-13)31-12-16-17(23)11-27-22(20(16)24)30-8-4-5-14(30)10-25/h3,6-7,9,11,14,26H,4-5,8,10,12,25H2,1-2H3,(H,28,29)/t14-/m0/s1. The summed E-state index contributed by atoms with van der Waals surface area (Å²) in [6, 6.07) is 8.05. The minimum absolute atomic E-state index is 0.206. The van der Waals surface area contributed by atoms with E-state index in [9.17, 15) is 0 Å². The maximum Gasteiger partial charge on any atom is 0.148 e. The van der Waals surface area contributed by atoms with Crippen molar-refractivity contribution >= 4 is 45.6 Å². The van der Waals surface area contributed by atoms with Crippen LogP contribution in [0.1, 0.15) is 24.1 Å². The number of nitrogens with one attached hydrogen (secondary N) is 2. The molecule has 0 unspecified atom stereocenters. The number of ether oxygens (including phenoxy) is 1. The van der Waals surface area contributed by atoms with E-state index in [1.165, 1.54) is 0 Å². The van der Waals surface area contributed by atoms with E-state index in [4.69, 9.17) is 33.7 Å². The predicted molar refractivity (Wildman–Crippen MR) is 127 cm³/mol. The van der Waals surface area contributed by atoms with Crippen molar-refractivity contribution in [1.29, 1.82) is 0 Å². The number of hydrazine groups is 1. The molecule has 7 nitrogen and oxygen atoms in total. The molecule has 1 aliphatic heterocycles. The fourth-order valence-electron chi connectivity index (χ4n) is 4.04. The van der Waals surface area contributed by atoms with Crippen molar-refractivity contribution in [3.8, 4) is 5.75 Å². The van der Waals surface area contributed by atoms with Crippen LogP contribution in [-0.2, 0) is 6.61 Å². The molecular weight excluding hydrogens is 435 g/mol. The quantitative estimate of drug-likeness (QED) is 0.452. The van der Waals surface area contributed by atoms with E-state index in [-0.39, 0.29) is 12.6 Å². The van der Waals surface area contributed by atoms with Crippen molar-refractivity contribution in [1.82, 2.24) is 15.4 Å². The summed E-state index contributed by atoms with van der Waals surface area (Å²) < 4.78 is 6.18. The summed E-state index contributed by atoms with van der Waals surface area (Å²) in [7, 11) is 1.82. The summed E-state index contributed by atoms with van der Waals surface area (Å²) in [5, 5.41) is 1.93. The normalized spacial score (nSPS) is 16.2. The van der Waals surface area contributed by atoms with Crippen molar-refractivity contribution in [3.05, 3.63) is 51.8 Å². The number of halogens is 2. The van der Waals surface area contributed by atoms with Crippen LogP contribution in [0.3, 0.4) is 0 Å². The van der Waals surface area contributed by atoms with Gasteiger partial charge >= 0.3 is 0 Å². The van der Waals surface area contributed by atoms with Crippen molar-refractivity contribution in [2.45, 2.75) is 32.4 Å². The third kappa shape index (κ3) is 4.36. The van der Waals surface area contributed by atoms with E-state index < -0.39 is 0 Å². The fourth-order valence-corrected chi connectivity index (χ4v) is 4.60. The SMILES string of the molecule is CNNc1cc(C)nc2c(OCc3c(Cl)cnc(N4CCC[C@H]4CN)c3Cl)cccc12. The molecule has 3 heterocycles. The first kappa shape index (κ1) is 21.9. The third-order valence-electron chi connectivity index (χ3n) is 5.53. The topological polar surface area (TPSA) is 88.3 Å². The summed E-state index contributed by atoms with van der Waals surface area (Å²) >= 11 is 13.2. The highest BCUT2D eigenvalue weighted by Crippen LogP contribution is 2.37. The molecule has 0 saturated carbocycles. The molecule has 1 atom stereocenters. The van der Waals surface area contributed by atoms with Gasteiger partial charge in [0.15, 0.2) is 0 Å². The van der Waals surface area contributed by atoms with E-state index in [1.54, 1.807) is 6.20 Å². The summed E-state index contributed by atoms with van der Waals surface area (Å²) in [5.41, 5.74) is 15.3. The van der Waals surface area contributed by atoms with E-state index >= 15 is 0 Å². The Morgan fingerprint density at radius 1 is 1.32 bits per heavy atom. The lowest BCUT2D eigenvalue weighted by Crippen LogP contribution is -2.36. The molecule has 4 N–H and O–H groups in total. The second-order valence-corrected chi connectivity index (χ2v) is 8.36. The van der Waals surface area contributed by atoms with Crippen LogP contribution in [0, 0.1) is 6.92 Å². The van der Waals surface area contributed by atoms with Gasteiger partial charge in [-0.2, -0.15) is 0 Å². The number of fused-ring (bicyclic) bond motifs is 1. The Labute approximate surface area is 191 Å². The number of hydrogen-bond donors (Lipinski definition) is 3. The predicted octanol–water partition coefficient (Wildman–Crippen LogP) is 4.30. The number of benzene rings is 1. The number of pyridine rings is 2. The average Bonchev–Trinajstić information content (AvgIpc) is 3.22. The summed E-state index contributed by atoms with van der Waals surface area (Å²) in [5.74, 6) is 1.37. The Kier molecular flexibility index (Phi) is 6.67. The van der Waals surface area contributed by atoms with E-state index in [0.717, 1.165) is 41.7 Å². The Morgan fingerprint density at radius 2 is 2.16 bits per heavy atom. The van der Waals surface area contributed by atoms with Gasteiger partial charge in [0.25, 0.3) is 0 Å². The van der Waals surface area contributed by atoms with Gasteiger partial charge in [0.2, 0.25) is 0 Å². The molecule has 1 aromatic carbocycles. The molecule has 3 aromatic rings. The van der Waals surface area contributed by atoms with Crippen LogP contribution in [0.15, 0.2) is 30.5 Å². The molecule has 9 heteroatoms. The van der Waals surface area contributed by atoms with Crippen LogP contribution in [0.4, 0.5) is 11.5 Å². The zero-order chi connectivity index (χ0) is 22.0. The van der Waals surface area contributed by atoms with Crippen molar-refractivity contribution in [3.63, 3.8) is 0 Å². The maximum absolute atomic E-state index is 6.75. The van der Waals surface area contributed by atoms with Gasteiger partial charge in [0, 0.05) is 49.0 Å². The van der Waals surface area contributed by atoms with Crippen molar-refractivity contribution < 1.29 is 4.74 Å². The molecule has 0 spiro atoms. The number of nitrogens with two attached hydrogens (primary N) is 1. The Hall–Kier alpha value is -2.32. The first-order valence-corrected chi connectivity index (χ1v) is 11.0. The maximum atomic E-state index is 6.75. The zero-order valence-electron chi connectivity index (χ0n) is 17.6. The number of nitrogens with zero attached hydrogens (tertiary/aromatic N) is 3. The molecule has 31 heavy (non-hydrogen) atoms. The van der Waals surface area contributed by atoms with Crippen LogP contribution < -0.4 is 26.2 Å². The minimum Gasteiger partial charge on any atom is -0.487 e. The van der Waals surface area contributed by atoms with E-state index in [0.29, 0.717) is 33.7 Å². The molecule has 0 radical (unpaired) electrons. The molecule has 0 bridgehead atoms. The van der Waals surface area contributed by atoms with Gasteiger partial charge in [-0.15, -0.1) is 0 Å². The second-order valence-electron chi connectivity index (χ2n) is 7.57. The Balaban J connectivity index is 1.65. The van der Waals surface area contributed by atoms with Crippen LogP contribution in [0.5, 0.6) is 5.75 Å². The molecule has 1 saturated heterocycles. The largest absolute Gasteiger partial charge is 0.487 e. The van der Waals surface area contributed by atoms with E-state index in [2.05, 4.69) is 25.7 Å². The second kappa shape index (κ2) is 9.44. The molecule has 2 aromatic heterocycles. The lowest BCUT2D eigenvalue weighted by molar-refractivity contribution is 0.309.